The maximum atomic E-state index is 11.9. The number of benzene rings is 2. The van der Waals surface area contributed by atoms with E-state index < -0.39 is 0 Å². The van der Waals surface area contributed by atoms with E-state index in [4.69, 9.17) is 4.74 Å². The average Bonchev–Trinajstić information content (AvgIpc) is 2.82. The van der Waals surface area contributed by atoms with Crippen molar-refractivity contribution in [2.45, 2.75) is 32.3 Å². The van der Waals surface area contributed by atoms with Crippen LogP contribution in [0, 0.1) is 0 Å². The topological polar surface area (TPSA) is 44.8 Å². The van der Waals surface area contributed by atoms with Crippen LogP contribution in [0.1, 0.15) is 46.5 Å². The summed E-state index contributed by atoms with van der Waals surface area (Å²) in [6, 6.07) is 15.0. The minimum atomic E-state index is -0.0250. The molecule has 2 aliphatic rings. The molecule has 0 aromatic heterocycles. The molecular formula is C25H33N3O2. The smallest absolute Gasteiger partial charge is 0.251 e. The molecule has 0 radical (unpaired) electrons. The number of hydrogen-bond donors (Lipinski definition) is 1. The van der Waals surface area contributed by atoms with Gasteiger partial charge in [-0.2, -0.15) is 0 Å². The Morgan fingerprint density at radius 3 is 2.57 bits per heavy atom. The number of carbonyl (C=O) groups excluding carboxylic acids is 1. The maximum Gasteiger partial charge on any atom is 0.251 e. The predicted molar refractivity (Wildman–Crippen MR) is 121 cm³/mol. The van der Waals surface area contributed by atoms with Gasteiger partial charge in [-0.1, -0.05) is 25.1 Å². The van der Waals surface area contributed by atoms with Crippen molar-refractivity contribution in [1.82, 2.24) is 10.2 Å². The first kappa shape index (κ1) is 20.9. The molecule has 2 aromatic carbocycles. The Morgan fingerprint density at radius 1 is 1.10 bits per heavy atom. The van der Waals surface area contributed by atoms with E-state index in [0.29, 0.717) is 0 Å². The molecule has 1 atom stereocenters. The molecule has 4 rings (SSSR count). The SMILES string of the molecule is CCc1ccc(N2CCN(CC[C@@H]3OCCc4cc(C(=O)NC)ccc43)CC2)cc1. The third-order valence-electron chi connectivity index (χ3n) is 6.46. The molecule has 0 spiro atoms. The number of anilines is 1. The van der Waals surface area contributed by atoms with Gasteiger partial charge >= 0.3 is 0 Å². The molecule has 30 heavy (non-hydrogen) atoms. The van der Waals surface area contributed by atoms with Gasteiger partial charge in [-0.25, -0.2) is 0 Å². The van der Waals surface area contributed by atoms with Crippen LogP contribution in [-0.2, 0) is 17.6 Å². The van der Waals surface area contributed by atoms with E-state index in [2.05, 4.69) is 52.4 Å². The molecule has 5 heteroatoms. The largest absolute Gasteiger partial charge is 0.373 e. The second-order valence-electron chi connectivity index (χ2n) is 8.24. The van der Waals surface area contributed by atoms with Crippen LogP contribution >= 0.6 is 0 Å². The summed E-state index contributed by atoms with van der Waals surface area (Å²) in [6.45, 7) is 8.30. The second kappa shape index (κ2) is 9.63. The fraction of sp³-hybridized carbons (Fsp3) is 0.480. The summed E-state index contributed by atoms with van der Waals surface area (Å²) in [5, 5.41) is 2.71. The summed E-state index contributed by atoms with van der Waals surface area (Å²) in [6.07, 6.45) is 3.10. The van der Waals surface area contributed by atoms with Crippen molar-refractivity contribution in [2.75, 3.05) is 51.3 Å². The van der Waals surface area contributed by atoms with E-state index >= 15 is 0 Å². The van der Waals surface area contributed by atoms with Crippen molar-refractivity contribution in [2.24, 2.45) is 0 Å². The quantitative estimate of drug-likeness (QED) is 0.797. The van der Waals surface area contributed by atoms with Crippen molar-refractivity contribution in [1.29, 1.82) is 0 Å². The number of nitrogens with zero attached hydrogens (tertiary/aromatic N) is 2. The van der Waals surface area contributed by atoms with Crippen LogP contribution in [0.2, 0.25) is 0 Å². The normalized spacial score (nSPS) is 19.4. The van der Waals surface area contributed by atoms with E-state index in [1.165, 1.54) is 22.4 Å². The van der Waals surface area contributed by atoms with Crippen molar-refractivity contribution >= 4 is 11.6 Å². The number of carbonyl (C=O) groups is 1. The fourth-order valence-electron chi connectivity index (χ4n) is 4.53. The third kappa shape index (κ3) is 4.68. The highest BCUT2D eigenvalue weighted by molar-refractivity contribution is 5.94. The molecule has 0 bridgehead atoms. The zero-order valence-corrected chi connectivity index (χ0v) is 18.2. The summed E-state index contributed by atoms with van der Waals surface area (Å²) in [4.78, 5) is 17.0. The first-order chi connectivity index (χ1) is 14.7. The van der Waals surface area contributed by atoms with Crippen molar-refractivity contribution in [3.8, 4) is 0 Å². The predicted octanol–water partition coefficient (Wildman–Crippen LogP) is 3.43. The molecule has 2 aromatic rings. The summed E-state index contributed by atoms with van der Waals surface area (Å²) in [5.41, 5.74) is 5.98. The van der Waals surface area contributed by atoms with Crippen LogP contribution in [0.5, 0.6) is 0 Å². The van der Waals surface area contributed by atoms with Crippen LogP contribution in [0.15, 0.2) is 42.5 Å². The second-order valence-corrected chi connectivity index (χ2v) is 8.24. The maximum absolute atomic E-state index is 11.9. The van der Waals surface area contributed by atoms with Gasteiger partial charge in [0.15, 0.2) is 0 Å². The van der Waals surface area contributed by atoms with Crippen molar-refractivity contribution < 1.29 is 9.53 Å². The summed E-state index contributed by atoms with van der Waals surface area (Å²) in [5.74, 6) is -0.0250. The molecule has 2 heterocycles. The number of aryl methyl sites for hydroxylation is 1. The van der Waals surface area contributed by atoms with E-state index in [1.807, 2.05) is 12.1 Å². The molecule has 1 saturated heterocycles. The van der Waals surface area contributed by atoms with Gasteiger partial charge in [0, 0.05) is 51.0 Å². The monoisotopic (exact) mass is 407 g/mol. The van der Waals surface area contributed by atoms with Crippen LogP contribution in [0.4, 0.5) is 5.69 Å². The van der Waals surface area contributed by atoms with E-state index in [0.717, 1.165) is 64.2 Å². The lowest BCUT2D eigenvalue weighted by Crippen LogP contribution is -2.46. The number of ether oxygens (including phenoxy) is 1. The first-order valence-electron chi connectivity index (χ1n) is 11.2. The van der Waals surface area contributed by atoms with E-state index in [-0.39, 0.29) is 12.0 Å². The Bertz CT molecular complexity index is 857. The highest BCUT2D eigenvalue weighted by atomic mass is 16.5. The summed E-state index contributed by atoms with van der Waals surface area (Å²) >= 11 is 0. The zero-order chi connectivity index (χ0) is 20.9. The van der Waals surface area contributed by atoms with Crippen molar-refractivity contribution in [3.05, 3.63) is 64.7 Å². The van der Waals surface area contributed by atoms with Gasteiger partial charge in [0.1, 0.15) is 0 Å². The Morgan fingerprint density at radius 2 is 1.87 bits per heavy atom. The molecule has 5 nitrogen and oxygen atoms in total. The minimum Gasteiger partial charge on any atom is -0.373 e. The fourth-order valence-corrected chi connectivity index (χ4v) is 4.53. The van der Waals surface area contributed by atoms with Crippen LogP contribution < -0.4 is 10.2 Å². The highest BCUT2D eigenvalue weighted by Gasteiger charge is 2.24. The molecular weight excluding hydrogens is 374 g/mol. The van der Waals surface area contributed by atoms with Gasteiger partial charge in [-0.05, 0) is 60.2 Å². The molecule has 0 saturated carbocycles. The van der Waals surface area contributed by atoms with Gasteiger partial charge in [0.05, 0.1) is 12.7 Å². The summed E-state index contributed by atoms with van der Waals surface area (Å²) in [7, 11) is 1.67. The molecule has 1 amide bonds. The first-order valence-corrected chi connectivity index (χ1v) is 11.2. The third-order valence-corrected chi connectivity index (χ3v) is 6.46. The lowest BCUT2D eigenvalue weighted by atomic mass is 9.93. The number of rotatable bonds is 6. The number of fused-ring (bicyclic) bond motifs is 1. The number of piperazine rings is 1. The van der Waals surface area contributed by atoms with Gasteiger partial charge in [0.25, 0.3) is 5.91 Å². The Balaban J connectivity index is 1.30. The standard InChI is InChI=1S/C25H33N3O2/c1-3-19-4-7-22(8-5-19)28-15-13-27(14-16-28)12-10-24-23-9-6-21(25(29)26-2)18-20(23)11-17-30-24/h4-9,18,24H,3,10-17H2,1-2H3,(H,26,29)/t24-/m0/s1. The molecule has 0 aliphatic carbocycles. The molecule has 2 aliphatic heterocycles. The lowest BCUT2D eigenvalue weighted by molar-refractivity contribution is 0.0288. The molecule has 0 unspecified atom stereocenters. The highest BCUT2D eigenvalue weighted by Crippen LogP contribution is 2.31. The van der Waals surface area contributed by atoms with Gasteiger partial charge in [-0.15, -0.1) is 0 Å². The molecule has 160 valence electrons. The molecule has 1 N–H and O–H groups in total. The average molecular weight is 408 g/mol. The van der Waals surface area contributed by atoms with Crippen LogP contribution in [-0.4, -0.2) is 57.2 Å². The zero-order valence-electron chi connectivity index (χ0n) is 18.2. The number of hydrogen-bond acceptors (Lipinski definition) is 4. The number of amides is 1. The van der Waals surface area contributed by atoms with Crippen molar-refractivity contribution in [3.63, 3.8) is 0 Å². The Kier molecular flexibility index (Phi) is 6.70. The van der Waals surface area contributed by atoms with E-state index in [1.54, 1.807) is 7.05 Å². The summed E-state index contributed by atoms with van der Waals surface area (Å²) < 4.78 is 6.10. The number of nitrogens with one attached hydrogen (secondary N) is 1. The van der Waals surface area contributed by atoms with Crippen LogP contribution in [0.3, 0.4) is 0 Å². The lowest BCUT2D eigenvalue weighted by Gasteiger charge is -2.37. The van der Waals surface area contributed by atoms with Gasteiger partial charge < -0.3 is 15.0 Å². The minimum absolute atomic E-state index is 0.0250. The Labute approximate surface area is 180 Å². The van der Waals surface area contributed by atoms with Gasteiger partial charge in [0.2, 0.25) is 0 Å². The van der Waals surface area contributed by atoms with Crippen LogP contribution in [0.25, 0.3) is 0 Å². The molecule has 1 fully saturated rings. The Hall–Kier alpha value is -2.37. The van der Waals surface area contributed by atoms with E-state index in [9.17, 15) is 4.79 Å². The van der Waals surface area contributed by atoms with Gasteiger partial charge in [-0.3, -0.25) is 9.69 Å².